The third-order valence-corrected chi connectivity index (χ3v) is 1.58. The fraction of sp³-hybridized carbons (Fsp3) is 0.857. The predicted molar refractivity (Wildman–Crippen MR) is 54.0 cm³/mol. The molecule has 0 aliphatic carbocycles. The molecule has 0 aromatic rings. The first-order chi connectivity index (χ1) is 4.81. The summed E-state index contributed by atoms with van der Waals surface area (Å²) in [6, 6.07) is 0. The van der Waals surface area contributed by atoms with E-state index in [-0.39, 0.29) is 0 Å². The van der Waals surface area contributed by atoms with Gasteiger partial charge in [-0.2, -0.15) is 0 Å². The predicted octanol–water partition coefficient (Wildman–Crippen LogP) is 1.98. The molecule has 0 aromatic carbocycles. The van der Waals surface area contributed by atoms with Crippen molar-refractivity contribution in [2.24, 2.45) is 0 Å². The van der Waals surface area contributed by atoms with E-state index in [9.17, 15) is 0 Å². The maximum Gasteiger partial charge on any atom is 0.0310 e. The summed E-state index contributed by atoms with van der Waals surface area (Å²) in [5.41, 5.74) is 0. The average molecular weight is 177 g/mol. The van der Waals surface area contributed by atoms with Crippen molar-refractivity contribution in [2.75, 3.05) is 20.1 Å². The van der Waals surface area contributed by atoms with Crippen LogP contribution >= 0.6 is 24.8 Å². The number of likely N-dealkylation sites (tertiary alicyclic amines) is 1. The molecule has 3 heteroatoms. The van der Waals surface area contributed by atoms with Crippen LogP contribution in [0.15, 0.2) is 0 Å². The van der Waals surface area contributed by atoms with Crippen molar-refractivity contribution in [1.82, 2.24) is 4.90 Å². The van der Waals surface area contributed by atoms with Gasteiger partial charge in [0.15, 0.2) is 0 Å². The van der Waals surface area contributed by atoms with Crippen LogP contribution in [-0.4, -0.2) is 29.7 Å². The lowest BCUT2D eigenvalue weighted by Crippen LogP contribution is -2.24. The van der Waals surface area contributed by atoms with Crippen molar-refractivity contribution in [2.45, 2.75) is 19.3 Å². The number of piperidine rings is 1. The summed E-state index contributed by atoms with van der Waals surface area (Å²) in [4.78, 5) is 2.39. The van der Waals surface area contributed by atoms with Crippen LogP contribution in [0.4, 0.5) is 0 Å². The zero-order chi connectivity index (χ0) is 7.82. The molecule has 1 fully saturated rings. The van der Waals surface area contributed by atoms with Crippen molar-refractivity contribution in [3.8, 4) is 0 Å². The highest BCUT2D eigenvalue weighted by Gasteiger charge is 2.02. The van der Waals surface area contributed by atoms with Gasteiger partial charge in [-0.1, -0.05) is 18.6 Å². The van der Waals surface area contributed by atoms with E-state index < -0.39 is 0 Å². The quantitative estimate of drug-likeness (QED) is 0.445. The standard InChI is InChI=1S/C6H13N.CH2S2/c1-7-5-3-2-4-6-7;2-1-3/h2-6H2,1H3;1H,(H,2,3). The van der Waals surface area contributed by atoms with E-state index in [2.05, 4.69) is 36.8 Å². The largest absolute Gasteiger partial charge is 0.306 e. The summed E-state index contributed by atoms with van der Waals surface area (Å²) in [7, 11) is 2.19. The Hall–Kier alpha value is 0.400. The maximum absolute atomic E-state index is 4.13. The molecule has 0 bridgehead atoms. The fourth-order valence-corrected chi connectivity index (χ4v) is 1.05. The normalized spacial score (nSPS) is 19.0. The summed E-state index contributed by atoms with van der Waals surface area (Å²) in [5, 5.41) is 0. The minimum atomic E-state index is 1.28. The van der Waals surface area contributed by atoms with Gasteiger partial charge in [0.25, 0.3) is 0 Å². The van der Waals surface area contributed by atoms with Crippen LogP contribution in [-0.2, 0) is 0 Å². The molecule has 0 spiro atoms. The molecule has 0 radical (unpaired) electrons. The lowest BCUT2D eigenvalue weighted by atomic mass is 10.1. The van der Waals surface area contributed by atoms with Crippen molar-refractivity contribution in [3.05, 3.63) is 0 Å². The van der Waals surface area contributed by atoms with Crippen LogP contribution in [0.3, 0.4) is 0 Å². The third-order valence-electron chi connectivity index (χ3n) is 1.58. The lowest BCUT2D eigenvalue weighted by molar-refractivity contribution is 0.277. The molecule has 0 N–H and O–H groups in total. The van der Waals surface area contributed by atoms with E-state index >= 15 is 0 Å². The smallest absolute Gasteiger partial charge is 0.0310 e. The number of rotatable bonds is 0. The van der Waals surface area contributed by atoms with Gasteiger partial charge in [-0.05, 0) is 33.0 Å². The van der Waals surface area contributed by atoms with Crippen LogP contribution in [0.2, 0.25) is 0 Å². The second-order valence-electron chi connectivity index (χ2n) is 2.47. The highest BCUT2D eigenvalue weighted by atomic mass is 32.1. The van der Waals surface area contributed by atoms with Gasteiger partial charge in [-0.3, -0.25) is 0 Å². The van der Waals surface area contributed by atoms with Crippen molar-refractivity contribution < 1.29 is 0 Å². The monoisotopic (exact) mass is 177 g/mol. The molecule has 1 saturated heterocycles. The maximum atomic E-state index is 4.13. The SMILES string of the molecule is CN1CCCCC1.S=CS. The first kappa shape index (κ1) is 10.4. The zero-order valence-corrected chi connectivity index (χ0v) is 8.13. The third kappa shape index (κ3) is 6.52. The highest BCUT2D eigenvalue weighted by molar-refractivity contribution is 8.08. The molecule has 0 atom stereocenters. The van der Waals surface area contributed by atoms with Crippen molar-refractivity contribution in [3.63, 3.8) is 0 Å². The Balaban J connectivity index is 0.000000236. The molecule has 1 heterocycles. The van der Waals surface area contributed by atoms with Crippen LogP contribution in [0.5, 0.6) is 0 Å². The van der Waals surface area contributed by atoms with Crippen LogP contribution in [0.25, 0.3) is 0 Å². The second kappa shape index (κ2) is 7.51. The van der Waals surface area contributed by atoms with Gasteiger partial charge in [0.05, 0.1) is 0 Å². The van der Waals surface area contributed by atoms with Gasteiger partial charge in [0, 0.05) is 4.70 Å². The minimum Gasteiger partial charge on any atom is -0.306 e. The molecule has 1 rings (SSSR count). The lowest BCUT2D eigenvalue weighted by Gasteiger charge is -2.20. The molecule has 60 valence electrons. The summed E-state index contributed by atoms with van der Waals surface area (Å²) in [5.74, 6) is 0. The Kier molecular flexibility index (Phi) is 7.81. The molecule has 0 unspecified atom stereocenters. The average Bonchev–Trinajstić information content (AvgIpc) is 1.91. The number of thiol groups is 1. The first-order valence-corrected chi connectivity index (χ1v) is 4.56. The van der Waals surface area contributed by atoms with Gasteiger partial charge in [-0.15, -0.1) is 12.6 Å². The van der Waals surface area contributed by atoms with Gasteiger partial charge < -0.3 is 4.90 Å². The second-order valence-corrected chi connectivity index (χ2v) is 3.31. The molecule has 0 aromatic heterocycles. The Morgan fingerprint density at radius 1 is 1.30 bits per heavy atom. The summed E-state index contributed by atoms with van der Waals surface area (Å²) >= 11 is 7.61. The van der Waals surface area contributed by atoms with E-state index in [1.165, 1.54) is 37.1 Å². The van der Waals surface area contributed by atoms with Gasteiger partial charge in [0.2, 0.25) is 0 Å². The van der Waals surface area contributed by atoms with Crippen LogP contribution in [0.1, 0.15) is 19.3 Å². The van der Waals surface area contributed by atoms with E-state index in [0.29, 0.717) is 0 Å². The molecule has 1 aliphatic heterocycles. The van der Waals surface area contributed by atoms with E-state index in [1.54, 1.807) is 0 Å². The number of nitrogens with zero attached hydrogens (tertiary/aromatic N) is 1. The van der Waals surface area contributed by atoms with Crippen LogP contribution in [0, 0.1) is 0 Å². The Bertz CT molecular complexity index is 79.7. The van der Waals surface area contributed by atoms with Gasteiger partial charge in [-0.25, -0.2) is 0 Å². The molecule has 10 heavy (non-hydrogen) atoms. The summed E-state index contributed by atoms with van der Waals surface area (Å²) < 4.78 is 1.28. The topological polar surface area (TPSA) is 3.24 Å². The van der Waals surface area contributed by atoms with Crippen LogP contribution < -0.4 is 0 Å². The molecule has 1 aliphatic rings. The van der Waals surface area contributed by atoms with Crippen molar-refractivity contribution in [1.29, 1.82) is 0 Å². The van der Waals surface area contributed by atoms with E-state index in [4.69, 9.17) is 0 Å². The number of thiocarbonyl (C=S) groups is 1. The van der Waals surface area contributed by atoms with Gasteiger partial charge in [0.1, 0.15) is 0 Å². The Morgan fingerprint density at radius 2 is 1.70 bits per heavy atom. The fourth-order valence-electron chi connectivity index (χ4n) is 1.05. The van der Waals surface area contributed by atoms with Gasteiger partial charge >= 0.3 is 0 Å². The van der Waals surface area contributed by atoms with Crippen molar-refractivity contribution >= 4 is 29.5 Å². The Morgan fingerprint density at radius 3 is 1.90 bits per heavy atom. The zero-order valence-electron chi connectivity index (χ0n) is 6.42. The Labute approximate surface area is 74.2 Å². The first-order valence-electron chi connectivity index (χ1n) is 3.57. The molecule has 1 nitrogen and oxygen atoms in total. The molecular weight excluding hydrogens is 162 g/mol. The molecule has 0 amide bonds. The highest BCUT2D eigenvalue weighted by Crippen LogP contribution is 2.04. The van der Waals surface area contributed by atoms with E-state index in [1.807, 2.05) is 0 Å². The summed E-state index contributed by atoms with van der Waals surface area (Å²) in [6.07, 6.45) is 4.28. The minimum absolute atomic E-state index is 1.28. The summed E-state index contributed by atoms with van der Waals surface area (Å²) in [6.45, 7) is 2.64. The number of hydrogen-bond acceptors (Lipinski definition) is 2. The molecule has 0 saturated carbocycles. The number of hydrogen-bond donors (Lipinski definition) is 1. The van der Waals surface area contributed by atoms with E-state index in [0.717, 1.165) is 0 Å². The molecular formula is C7H15NS2.